The molecule has 1 aliphatic heterocycles. The van der Waals surface area contributed by atoms with E-state index in [1.54, 1.807) is 24.3 Å². The van der Waals surface area contributed by atoms with Crippen LogP contribution in [-0.4, -0.2) is 23.6 Å². The lowest BCUT2D eigenvalue weighted by molar-refractivity contribution is -0.135. The molecule has 1 unspecified atom stereocenters. The lowest BCUT2D eigenvalue weighted by atomic mass is 10.1. The first-order chi connectivity index (χ1) is 12.0. The van der Waals surface area contributed by atoms with Gasteiger partial charge < -0.3 is 15.2 Å². The van der Waals surface area contributed by atoms with Gasteiger partial charge in [0, 0.05) is 11.0 Å². The highest BCUT2D eigenvalue weighted by molar-refractivity contribution is 9.10. The molecular weight excluding hydrogens is 388 g/mol. The van der Waals surface area contributed by atoms with Crippen molar-refractivity contribution in [2.45, 2.75) is 6.17 Å². The minimum Gasteiger partial charge on any atom is -0.478 e. The van der Waals surface area contributed by atoms with E-state index in [4.69, 9.17) is 4.74 Å². The van der Waals surface area contributed by atoms with Crippen LogP contribution in [-0.2, 0) is 9.59 Å². The van der Waals surface area contributed by atoms with Gasteiger partial charge in [0.25, 0.3) is 0 Å². The molecular formula is C18H15BrN2O4. The molecule has 0 saturated carbocycles. The van der Waals surface area contributed by atoms with Crippen molar-refractivity contribution in [3.8, 4) is 5.75 Å². The van der Waals surface area contributed by atoms with Gasteiger partial charge in [-0.1, -0.05) is 46.3 Å². The highest BCUT2D eigenvalue weighted by atomic mass is 79.9. The topological polar surface area (TPSA) is 87.7 Å². The first-order valence-electron chi connectivity index (χ1n) is 7.53. The summed E-state index contributed by atoms with van der Waals surface area (Å²) in [6.45, 7) is 0.0483. The first kappa shape index (κ1) is 17.2. The summed E-state index contributed by atoms with van der Waals surface area (Å²) in [4.78, 5) is 24.0. The number of hydrogen-bond donors (Lipinski definition) is 3. The van der Waals surface area contributed by atoms with E-state index in [2.05, 4.69) is 26.6 Å². The van der Waals surface area contributed by atoms with Crippen LogP contribution in [0.1, 0.15) is 11.7 Å². The molecule has 0 spiro atoms. The summed E-state index contributed by atoms with van der Waals surface area (Å²) >= 11 is 3.30. The van der Waals surface area contributed by atoms with Crippen LogP contribution in [0.4, 0.5) is 0 Å². The SMILES string of the molecule is O=C(O)C1=C(C(=O)Oc2ccc(Br)cc2)NC(c2ccccc2)NC1. The van der Waals surface area contributed by atoms with E-state index in [1.165, 1.54) is 0 Å². The van der Waals surface area contributed by atoms with Crippen molar-refractivity contribution in [1.82, 2.24) is 10.6 Å². The normalized spacial score (nSPS) is 16.9. The van der Waals surface area contributed by atoms with Crippen LogP contribution in [0.2, 0.25) is 0 Å². The van der Waals surface area contributed by atoms with Gasteiger partial charge in [0.05, 0.1) is 5.57 Å². The molecule has 0 radical (unpaired) electrons. The second-order valence-corrected chi connectivity index (χ2v) is 6.29. The second kappa shape index (κ2) is 7.50. The molecule has 3 N–H and O–H groups in total. The minimum atomic E-state index is -1.17. The van der Waals surface area contributed by atoms with E-state index in [0.29, 0.717) is 5.75 Å². The van der Waals surface area contributed by atoms with Crippen molar-refractivity contribution in [3.63, 3.8) is 0 Å². The number of carbonyl (C=O) groups is 2. The third-order valence-electron chi connectivity index (χ3n) is 3.69. The number of carbonyl (C=O) groups excluding carboxylic acids is 1. The van der Waals surface area contributed by atoms with Crippen molar-refractivity contribution >= 4 is 27.9 Å². The number of esters is 1. The standard InChI is InChI=1S/C18H15BrN2O4/c19-12-6-8-13(9-7-12)25-18(24)15-14(17(22)23)10-20-16(21-15)11-4-2-1-3-5-11/h1-9,16,20-21H,10H2,(H,22,23). The number of benzene rings is 2. The number of aliphatic carboxylic acids is 1. The Morgan fingerprint density at radius 2 is 1.76 bits per heavy atom. The Labute approximate surface area is 152 Å². The average Bonchev–Trinajstić information content (AvgIpc) is 2.63. The van der Waals surface area contributed by atoms with Gasteiger partial charge in [-0.25, -0.2) is 9.59 Å². The van der Waals surface area contributed by atoms with E-state index < -0.39 is 11.9 Å². The Hall–Kier alpha value is -2.64. The summed E-state index contributed by atoms with van der Waals surface area (Å²) in [6, 6.07) is 16.1. The predicted octanol–water partition coefficient (Wildman–Crippen LogP) is 2.58. The van der Waals surface area contributed by atoms with Crippen LogP contribution in [0.15, 0.2) is 70.3 Å². The molecule has 6 nitrogen and oxygen atoms in total. The largest absolute Gasteiger partial charge is 0.478 e. The summed E-state index contributed by atoms with van der Waals surface area (Å²) < 4.78 is 6.15. The maximum atomic E-state index is 12.5. The van der Waals surface area contributed by atoms with Crippen molar-refractivity contribution < 1.29 is 19.4 Å². The first-order valence-corrected chi connectivity index (χ1v) is 8.33. The Morgan fingerprint density at radius 1 is 1.08 bits per heavy atom. The number of carboxylic acids is 1. The van der Waals surface area contributed by atoms with Crippen LogP contribution in [0.3, 0.4) is 0 Å². The summed E-state index contributed by atoms with van der Waals surface area (Å²) in [5.41, 5.74) is 0.776. The second-order valence-electron chi connectivity index (χ2n) is 5.37. The summed E-state index contributed by atoms with van der Waals surface area (Å²) in [5, 5.41) is 15.4. The van der Waals surface area contributed by atoms with Crippen LogP contribution in [0.5, 0.6) is 5.75 Å². The monoisotopic (exact) mass is 402 g/mol. The highest BCUT2D eigenvalue weighted by Crippen LogP contribution is 2.21. The molecule has 1 aliphatic rings. The quantitative estimate of drug-likeness (QED) is 0.538. The van der Waals surface area contributed by atoms with Gasteiger partial charge in [0.15, 0.2) is 0 Å². The predicted molar refractivity (Wildman–Crippen MR) is 94.8 cm³/mol. The lowest BCUT2D eigenvalue weighted by Gasteiger charge is -2.28. The molecule has 0 fully saturated rings. The molecule has 1 atom stereocenters. The summed E-state index contributed by atoms with van der Waals surface area (Å²) in [6.07, 6.45) is -0.378. The van der Waals surface area contributed by atoms with E-state index in [1.807, 2.05) is 30.3 Å². The Balaban J connectivity index is 1.84. The number of hydrogen-bond acceptors (Lipinski definition) is 5. The van der Waals surface area contributed by atoms with Gasteiger partial charge in [0.2, 0.25) is 0 Å². The van der Waals surface area contributed by atoms with Crippen molar-refractivity contribution in [2.75, 3.05) is 6.54 Å². The Kier molecular flexibility index (Phi) is 5.16. The van der Waals surface area contributed by atoms with Gasteiger partial charge in [0.1, 0.15) is 17.6 Å². The molecule has 2 aromatic rings. The molecule has 0 saturated heterocycles. The van der Waals surface area contributed by atoms with Crippen LogP contribution in [0, 0.1) is 0 Å². The number of rotatable bonds is 4. The van der Waals surface area contributed by atoms with Gasteiger partial charge in [-0.2, -0.15) is 0 Å². The van der Waals surface area contributed by atoms with Crippen LogP contribution < -0.4 is 15.4 Å². The molecule has 0 aromatic heterocycles. The van der Waals surface area contributed by atoms with Crippen molar-refractivity contribution in [3.05, 3.63) is 75.9 Å². The fourth-order valence-electron chi connectivity index (χ4n) is 2.45. The average molecular weight is 403 g/mol. The summed E-state index contributed by atoms with van der Waals surface area (Å²) in [5.74, 6) is -1.57. The maximum absolute atomic E-state index is 12.5. The number of ether oxygens (including phenoxy) is 1. The molecule has 128 valence electrons. The smallest absolute Gasteiger partial charge is 0.360 e. The molecule has 0 amide bonds. The fourth-order valence-corrected chi connectivity index (χ4v) is 2.71. The van der Waals surface area contributed by atoms with Gasteiger partial charge in [-0.05, 0) is 29.8 Å². The number of nitrogens with one attached hydrogen (secondary N) is 2. The van der Waals surface area contributed by atoms with Gasteiger partial charge >= 0.3 is 11.9 Å². The zero-order valence-corrected chi connectivity index (χ0v) is 14.6. The maximum Gasteiger partial charge on any atom is 0.360 e. The Bertz CT molecular complexity index is 819. The van der Waals surface area contributed by atoms with Gasteiger partial charge in [-0.15, -0.1) is 0 Å². The zero-order valence-electron chi connectivity index (χ0n) is 13.0. The third-order valence-corrected chi connectivity index (χ3v) is 4.22. The lowest BCUT2D eigenvalue weighted by Crippen LogP contribution is -2.45. The molecule has 2 aromatic carbocycles. The van der Waals surface area contributed by atoms with Crippen molar-refractivity contribution in [1.29, 1.82) is 0 Å². The summed E-state index contributed by atoms with van der Waals surface area (Å²) in [7, 11) is 0. The number of halogens is 1. The zero-order chi connectivity index (χ0) is 17.8. The van der Waals surface area contributed by atoms with E-state index in [9.17, 15) is 14.7 Å². The molecule has 3 rings (SSSR count). The van der Waals surface area contributed by atoms with Crippen LogP contribution in [0.25, 0.3) is 0 Å². The molecule has 0 bridgehead atoms. The third kappa shape index (κ3) is 4.07. The molecule has 1 heterocycles. The van der Waals surface area contributed by atoms with E-state index in [0.717, 1.165) is 10.0 Å². The highest BCUT2D eigenvalue weighted by Gasteiger charge is 2.30. The molecule has 25 heavy (non-hydrogen) atoms. The Morgan fingerprint density at radius 3 is 2.40 bits per heavy atom. The molecule has 0 aliphatic carbocycles. The molecule has 7 heteroatoms. The van der Waals surface area contributed by atoms with Crippen molar-refractivity contribution in [2.24, 2.45) is 0 Å². The fraction of sp³-hybridized carbons (Fsp3) is 0.111. The minimum absolute atomic E-state index is 0.0483. The van der Waals surface area contributed by atoms with E-state index in [-0.39, 0.29) is 24.0 Å². The van der Waals surface area contributed by atoms with Crippen LogP contribution >= 0.6 is 15.9 Å². The van der Waals surface area contributed by atoms with Gasteiger partial charge in [-0.3, -0.25) is 5.32 Å². The number of carboxylic acid groups (broad SMARTS) is 1. The van der Waals surface area contributed by atoms with E-state index >= 15 is 0 Å².